The van der Waals surface area contributed by atoms with Gasteiger partial charge in [0, 0.05) is 6.54 Å². The molecule has 0 saturated carbocycles. The van der Waals surface area contributed by atoms with E-state index in [-0.39, 0.29) is 17.7 Å². The molecule has 0 aromatic rings. The molecule has 94 valence electrons. The molecule has 1 atom stereocenters. The second-order valence-corrected chi connectivity index (χ2v) is 5.25. The van der Waals surface area contributed by atoms with Crippen LogP contribution < -0.4 is 5.73 Å². The number of amides is 1. The molecule has 0 aromatic carbocycles. The maximum Gasteiger partial charge on any atom is 0.227 e. The molecule has 0 aliphatic carbocycles. The third-order valence-corrected chi connectivity index (χ3v) is 3.37. The minimum Gasteiger partial charge on any atom is -0.386 e. The molecule has 1 fully saturated rings. The van der Waals surface area contributed by atoms with Crippen molar-refractivity contribution in [1.29, 1.82) is 0 Å². The Morgan fingerprint density at radius 1 is 1.50 bits per heavy atom. The Morgan fingerprint density at radius 2 is 2.06 bits per heavy atom. The van der Waals surface area contributed by atoms with Gasteiger partial charge in [0.2, 0.25) is 5.91 Å². The largest absolute Gasteiger partial charge is 0.386 e. The Morgan fingerprint density at radius 3 is 2.44 bits per heavy atom. The van der Waals surface area contributed by atoms with Crippen LogP contribution in [0.2, 0.25) is 0 Å². The van der Waals surface area contributed by atoms with Crippen molar-refractivity contribution in [2.45, 2.75) is 39.2 Å². The summed E-state index contributed by atoms with van der Waals surface area (Å²) in [4.78, 5) is 13.8. The molecular formula is C12H24N2O2. The number of carbonyl (C=O) groups excluding carboxylic acids is 1. The van der Waals surface area contributed by atoms with Gasteiger partial charge in [0.15, 0.2) is 0 Å². The van der Waals surface area contributed by atoms with E-state index in [1.807, 2.05) is 20.8 Å². The van der Waals surface area contributed by atoms with Gasteiger partial charge in [0.05, 0.1) is 24.6 Å². The van der Waals surface area contributed by atoms with Crippen LogP contribution >= 0.6 is 0 Å². The van der Waals surface area contributed by atoms with Crippen molar-refractivity contribution in [3.8, 4) is 0 Å². The fourth-order valence-electron chi connectivity index (χ4n) is 2.34. The molecule has 1 rings (SSSR count). The van der Waals surface area contributed by atoms with Crippen LogP contribution in [-0.4, -0.2) is 41.1 Å². The molecule has 4 heteroatoms. The van der Waals surface area contributed by atoms with E-state index in [1.165, 1.54) is 0 Å². The molecule has 16 heavy (non-hydrogen) atoms. The second-order valence-electron chi connectivity index (χ2n) is 5.25. The van der Waals surface area contributed by atoms with Gasteiger partial charge in [-0.1, -0.05) is 27.2 Å². The molecular weight excluding hydrogens is 204 g/mol. The highest BCUT2D eigenvalue weighted by Crippen LogP contribution is 2.28. The van der Waals surface area contributed by atoms with Crippen LogP contribution in [0.25, 0.3) is 0 Å². The monoisotopic (exact) mass is 228 g/mol. The molecule has 1 heterocycles. The standard InChI is InChI=1S/C12H24N2O2/c1-4-5-12(16)7-14(8-12)11(15)10(6-13)9(2)3/h9-10,16H,4-8,13H2,1-3H3. The topological polar surface area (TPSA) is 66.6 Å². The maximum atomic E-state index is 12.0. The lowest BCUT2D eigenvalue weighted by molar-refractivity contribution is -0.161. The summed E-state index contributed by atoms with van der Waals surface area (Å²) in [6.07, 6.45) is 1.72. The van der Waals surface area contributed by atoms with Crippen LogP contribution in [0.1, 0.15) is 33.6 Å². The zero-order valence-corrected chi connectivity index (χ0v) is 10.6. The normalized spacial score (nSPS) is 20.8. The third kappa shape index (κ3) is 2.74. The second kappa shape index (κ2) is 5.15. The zero-order chi connectivity index (χ0) is 12.3. The first-order valence-corrected chi connectivity index (χ1v) is 6.14. The van der Waals surface area contributed by atoms with Crippen molar-refractivity contribution in [1.82, 2.24) is 4.90 Å². The predicted molar refractivity (Wildman–Crippen MR) is 63.8 cm³/mol. The van der Waals surface area contributed by atoms with E-state index in [9.17, 15) is 9.90 Å². The van der Waals surface area contributed by atoms with Gasteiger partial charge in [-0.2, -0.15) is 0 Å². The number of rotatable bonds is 5. The molecule has 1 aliphatic rings. The highest BCUT2D eigenvalue weighted by Gasteiger charge is 2.44. The quantitative estimate of drug-likeness (QED) is 0.724. The Kier molecular flexibility index (Phi) is 4.33. The molecule has 0 radical (unpaired) electrons. The average molecular weight is 228 g/mol. The van der Waals surface area contributed by atoms with Gasteiger partial charge < -0.3 is 15.7 Å². The fourth-order valence-corrected chi connectivity index (χ4v) is 2.34. The lowest BCUT2D eigenvalue weighted by atomic mass is 9.86. The number of nitrogens with two attached hydrogens (primary N) is 1. The highest BCUT2D eigenvalue weighted by atomic mass is 16.3. The van der Waals surface area contributed by atoms with Crippen molar-refractivity contribution in [3.05, 3.63) is 0 Å². The van der Waals surface area contributed by atoms with E-state index >= 15 is 0 Å². The van der Waals surface area contributed by atoms with Crippen LogP contribution in [0.3, 0.4) is 0 Å². The van der Waals surface area contributed by atoms with E-state index in [0.717, 1.165) is 12.8 Å². The number of hydrogen-bond acceptors (Lipinski definition) is 3. The van der Waals surface area contributed by atoms with E-state index in [0.29, 0.717) is 19.6 Å². The first kappa shape index (κ1) is 13.5. The van der Waals surface area contributed by atoms with Crippen molar-refractivity contribution < 1.29 is 9.90 Å². The van der Waals surface area contributed by atoms with E-state index in [2.05, 4.69) is 0 Å². The van der Waals surface area contributed by atoms with Gasteiger partial charge in [0.1, 0.15) is 0 Å². The first-order chi connectivity index (χ1) is 7.43. The minimum atomic E-state index is -0.638. The Hall–Kier alpha value is -0.610. The maximum absolute atomic E-state index is 12.0. The molecule has 1 saturated heterocycles. The van der Waals surface area contributed by atoms with Crippen LogP contribution in [-0.2, 0) is 4.79 Å². The number of nitrogens with zero attached hydrogens (tertiary/aromatic N) is 1. The number of hydrogen-bond donors (Lipinski definition) is 2. The summed E-state index contributed by atoms with van der Waals surface area (Å²) in [5, 5.41) is 10.00. The van der Waals surface area contributed by atoms with Crippen LogP contribution in [0.15, 0.2) is 0 Å². The lowest BCUT2D eigenvalue weighted by Crippen LogP contribution is -2.65. The van der Waals surface area contributed by atoms with Gasteiger partial charge in [0.25, 0.3) is 0 Å². The summed E-state index contributed by atoms with van der Waals surface area (Å²) in [5.74, 6) is 0.252. The van der Waals surface area contributed by atoms with Gasteiger partial charge >= 0.3 is 0 Å². The Bertz CT molecular complexity index is 247. The number of likely N-dealkylation sites (tertiary alicyclic amines) is 1. The van der Waals surface area contributed by atoms with E-state index in [1.54, 1.807) is 4.90 Å². The molecule has 1 unspecified atom stereocenters. The summed E-state index contributed by atoms with van der Waals surface area (Å²) < 4.78 is 0. The molecule has 0 spiro atoms. The Balaban J connectivity index is 2.47. The smallest absolute Gasteiger partial charge is 0.227 e. The zero-order valence-electron chi connectivity index (χ0n) is 10.6. The van der Waals surface area contributed by atoms with Gasteiger partial charge in [-0.3, -0.25) is 4.79 Å². The Labute approximate surface area is 97.8 Å². The SMILES string of the molecule is CCCC1(O)CN(C(=O)C(CN)C(C)C)C1. The molecule has 1 amide bonds. The molecule has 4 nitrogen and oxygen atoms in total. The summed E-state index contributed by atoms with van der Waals surface area (Å²) in [6.45, 7) is 7.39. The summed E-state index contributed by atoms with van der Waals surface area (Å²) in [6, 6.07) is 0. The van der Waals surface area contributed by atoms with E-state index < -0.39 is 5.60 Å². The molecule has 1 aliphatic heterocycles. The van der Waals surface area contributed by atoms with Crippen molar-refractivity contribution >= 4 is 5.91 Å². The fraction of sp³-hybridized carbons (Fsp3) is 0.917. The minimum absolute atomic E-state index is 0.0956. The van der Waals surface area contributed by atoms with Crippen molar-refractivity contribution in [2.75, 3.05) is 19.6 Å². The van der Waals surface area contributed by atoms with Crippen molar-refractivity contribution in [3.63, 3.8) is 0 Å². The molecule has 3 N–H and O–H groups in total. The highest BCUT2D eigenvalue weighted by molar-refractivity contribution is 5.80. The van der Waals surface area contributed by atoms with Gasteiger partial charge in [-0.25, -0.2) is 0 Å². The molecule has 0 aromatic heterocycles. The van der Waals surface area contributed by atoms with Gasteiger partial charge in [-0.05, 0) is 12.3 Å². The number of aliphatic hydroxyl groups is 1. The third-order valence-electron chi connectivity index (χ3n) is 3.37. The van der Waals surface area contributed by atoms with E-state index in [4.69, 9.17) is 5.73 Å². The van der Waals surface area contributed by atoms with Crippen LogP contribution in [0.4, 0.5) is 0 Å². The summed E-state index contributed by atoms with van der Waals surface area (Å²) in [7, 11) is 0. The molecule has 0 bridgehead atoms. The lowest BCUT2D eigenvalue weighted by Gasteiger charge is -2.48. The van der Waals surface area contributed by atoms with Crippen molar-refractivity contribution in [2.24, 2.45) is 17.6 Å². The average Bonchev–Trinajstić information content (AvgIpc) is 2.14. The first-order valence-electron chi connectivity index (χ1n) is 6.14. The van der Waals surface area contributed by atoms with Crippen LogP contribution in [0.5, 0.6) is 0 Å². The summed E-state index contributed by atoms with van der Waals surface area (Å²) in [5.41, 5.74) is 4.97. The van der Waals surface area contributed by atoms with Crippen LogP contribution in [0, 0.1) is 11.8 Å². The van der Waals surface area contributed by atoms with Gasteiger partial charge in [-0.15, -0.1) is 0 Å². The number of β-amino-alcohol motifs (C(OH)–C–C–N with tert-alkyl or cyclic N) is 1. The predicted octanol–water partition coefficient (Wildman–Crippen LogP) is 0.591. The number of carbonyl (C=O) groups is 1. The summed E-state index contributed by atoms with van der Waals surface area (Å²) >= 11 is 0.